The maximum Gasteiger partial charge on any atom is 0.266 e. The lowest BCUT2D eigenvalue weighted by atomic mass is 10.2. The molecule has 0 saturated carbocycles. The van der Waals surface area contributed by atoms with Crippen molar-refractivity contribution in [3.8, 4) is 11.5 Å². The molecule has 1 amide bonds. The molecule has 23 heavy (non-hydrogen) atoms. The number of thioether (sulfide) groups is 1. The van der Waals surface area contributed by atoms with E-state index in [2.05, 4.69) is 4.99 Å². The van der Waals surface area contributed by atoms with Gasteiger partial charge in [-0.15, -0.1) is 0 Å². The van der Waals surface area contributed by atoms with Crippen LogP contribution in [0.15, 0.2) is 22.0 Å². The van der Waals surface area contributed by atoms with Crippen molar-refractivity contribution in [2.45, 2.75) is 20.8 Å². The molecular formula is C16H19ClN2O3S. The summed E-state index contributed by atoms with van der Waals surface area (Å²) in [4.78, 5) is 19.0. The van der Waals surface area contributed by atoms with Gasteiger partial charge in [0.25, 0.3) is 5.91 Å². The number of hydrogen-bond acceptors (Lipinski definition) is 5. The average molecular weight is 355 g/mol. The van der Waals surface area contributed by atoms with Gasteiger partial charge >= 0.3 is 0 Å². The van der Waals surface area contributed by atoms with Gasteiger partial charge in [-0.3, -0.25) is 14.7 Å². The van der Waals surface area contributed by atoms with E-state index in [0.29, 0.717) is 41.1 Å². The van der Waals surface area contributed by atoms with E-state index in [0.717, 1.165) is 0 Å². The molecule has 1 aliphatic rings. The normalized spacial score (nSPS) is 18.3. The predicted molar refractivity (Wildman–Crippen MR) is 95.2 cm³/mol. The zero-order valence-corrected chi connectivity index (χ0v) is 14.9. The second-order valence-electron chi connectivity index (χ2n) is 4.70. The molecule has 0 spiro atoms. The third kappa shape index (κ3) is 3.82. The molecule has 2 rings (SSSR count). The molecule has 7 heteroatoms. The molecule has 1 aromatic rings. The quantitative estimate of drug-likeness (QED) is 0.818. The highest BCUT2D eigenvalue weighted by molar-refractivity contribution is 8.18. The highest BCUT2D eigenvalue weighted by Gasteiger charge is 2.31. The number of nitrogens with zero attached hydrogens (tertiary/aromatic N) is 2. The molecule has 1 aromatic carbocycles. The number of benzene rings is 1. The molecular weight excluding hydrogens is 336 g/mol. The van der Waals surface area contributed by atoms with Crippen LogP contribution in [0.2, 0.25) is 5.02 Å². The monoisotopic (exact) mass is 354 g/mol. The van der Waals surface area contributed by atoms with E-state index in [9.17, 15) is 9.90 Å². The van der Waals surface area contributed by atoms with E-state index < -0.39 is 0 Å². The number of rotatable bonds is 5. The van der Waals surface area contributed by atoms with Crippen molar-refractivity contribution >= 4 is 40.5 Å². The first-order valence-electron chi connectivity index (χ1n) is 7.42. The minimum absolute atomic E-state index is 0.0770. The van der Waals surface area contributed by atoms with Gasteiger partial charge in [0.2, 0.25) is 0 Å². The fraction of sp³-hybridized carbons (Fsp3) is 0.375. The van der Waals surface area contributed by atoms with Crippen LogP contribution in [0.1, 0.15) is 26.3 Å². The van der Waals surface area contributed by atoms with E-state index in [1.54, 1.807) is 23.1 Å². The van der Waals surface area contributed by atoms with Crippen LogP contribution in [0, 0.1) is 0 Å². The van der Waals surface area contributed by atoms with E-state index in [1.165, 1.54) is 11.8 Å². The molecule has 0 radical (unpaired) electrons. The Hall–Kier alpha value is -1.66. The number of halogens is 1. The van der Waals surface area contributed by atoms with Gasteiger partial charge in [0.05, 0.1) is 16.5 Å². The Kier molecular flexibility index (Phi) is 5.96. The van der Waals surface area contributed by atoms with Crippen molar-refractivity contribution < 1.29 is 14.6 Å². The van der Waals surface area contributed by atoms with Crippen LogP contribution in [0.25, 0.3) is 6.08 Å². The van der Waals surface area contributed by atoms with Crippen LogP contribution in [-0.2, 0) is 4.79 Å². The lowest BCUT2D eigenvalue weighted by molar-refractivity contribution is -0.122. The number of aromatic hydroxyl groups is 1. The number of carbonyl (C=O) groups excluding carboxylic acids is 1. The minimum atomic E-state index is -0.0931. The summed E-state index contributed by atoms with van der Waals surface area (Å²) in [5.74, 6) is 0.133. The predicted octanol–water partition coefficient (Wildman–Crippen LogP) is 3.76. The maximum absolute atomic E-state index is 12.4. The summed E-state index contributed by atoms with van der Waals surface area (Å²) < 4.78 is 5.36. The van der Waals surface area contributed by atoms with Crippen molar-refractivity contribution in [1.82, 2.24) is 4.90 Å². The Balaban J connectivity index is 2.39. The summed E-state index contributed by atoms with van der Waals surface area (Å²) in [7, 11) is 0. The summed E-state index contributed by atoms with van der Waals surface area (Å²) in [5, 5.41) is 10.8. The van der Waals surface area contributed by atoms with Gasteiger partial charge in [0.15, 0.2) is 16.7 Å². The van der Waals surface area contributed by atoms with Crippen molar-refractivity contribution in [2.24, 2.45) is 4.99 Å². The van der Waals surface area contributed by atoms with E-state index >= 15 is 0 Å². The molecule has 0 unspecified atom stereocenters. The lowest BCUT2D eigenvalue weighted by Gasteiger charge is -2.11. The third-order valence-electron chi connectivity index (χ3n) is 3.15. The molecule has 1 N–H and O–H groups in total. The second kappa shape index (κ2) is 7.75. The molecule has 124 valence electrons. The van der Waals surface area contributed by atoms with Gasteiger partial charge < -0.3 is 9.84 Å². The highest BCUT2D eigenvalue weighted by atomic mass is 35.5. The fourth-order valence-electron chi connectivity index (χ4n) is 2.13. The summed E-state index contributed by atoms with van der Waals surface area (Å²) in [5.41, 5.74) is 0.695. The number of ether oxygens (including phenoxy) is 1. The van der Waals surface area contributed by atoms with Crippen LogP contribution in [0.5, 0.6) is 11.5 Å². The first-order chi connectivity index (χ1) is 11.0. The van der Waals surface area contributed by atoms with Gasteiger partial charge in [0, 0.05) is 13.1 Å². The zero-order valence-electron chi connectivity index (χ0n) is 13.3. The molecule has 0 bridgehead atoms. The fourth-order valence-corrected chi connectivity index (χ4v) is 3.46. The van der Waals surface area contributed by atoms with Crippen LogP contribution in [0.3, 0.4) is 0 Å². The Morgan fingerprint density at radius 3 is 2.74 bits per heavy atom. The molecule has 1 aliphatic heterocycles. The first kappa shape index (κ1) is 17.7. The maximum atomic E-state index is 12.4. The number of phenols is 1. The van der Waals surface area contributed by atoms with Gasteiger partial charge in [0.1, 0.15) is 0 Å². The molecule has 1 fully saturated rings. The van der Waals surface area contributed by atoms with Crippen LogP contribution < -0.4 is 4.74 Å². The Labute approximate surface area is 145 Å². The Morgan fingerprint density at radius 2 is 2.13 bits per heavy atom. The number of hydrogen-bond donors (Lipinski definition) is 1. The summed E-state index contributed by atoms with van der Waals surface area (Å²) in [6.45, 7) is 7.27. The molecule has 1 heterocycles. The summed E-state index contributed by atoms with van der Waals surface area (Å²) >= 11 is 7.37. The molecule has 0 aliphatic carbocycles. The third-order valence-corrected chi connectivity index (χ3v) is 4.48. The Morgan fingerprint density at radius 1 is 1.39 bits per heavy atom. The van der Waals surface area contributed by atoms with E-state index in [4.69, 9.17) is 16.3 Å². The smallest absolute Gasteiger partial charge is 0.266 e. The second-order valence-corrected chi connectivity index (χ2v) is 6.12. The van der Waals surface area contributed by atoms with Gasteiger partial charge in [-0.2, -0.15) is 0 Å². The highest BCUT2D eigenvalue weighted by Crippen LogP contribution is 2.38. The van der Waals surface area contributed by atoms with Crippen molar-refractivity contribution in [1.29, 1.82) is 0 Å². The SMILES string of the molecule is CCN=C1S/C(=C/c2cc(Cl)c(O)c(OCC)c2)C(=O)N1CC. The number of amidine groups is 1. The Bertz CT molecular complexity index is 674. The molecule has 5 nitrogen and oxygen atoms in total. The number of aliphatic imine (C=N–C) groups is 1. The van der Waals surface area contributed by atoms with Crippen LogP contribution in [0.4, 0.5) is 0 Å². The van der Waals surface area contributed by atoms with Gasteiger partial charge in [-0.05, 0) is 56.3 Å². The van der Waals surface area contributed by atoms with Gasteiger partial charge in [-0.25, -0.2) is 0 Å². The standard InChI is InChI=1S/C16H19ClN2O3S/c1-4-18-16-19(5-2)15(21)13(23-16)9-10-7-11(17)14(20)12(8-10)22-6-3/h7-9,20H,4-6H2,1-3H3/b13-9+,18-16?. The van der Waals surface area contributed by atoms with E-state index in [1.807, 2.05) is 20.8 Å². The molecule has 1 saturated heterocycles. The van der Waals surface area contributed by atoms with Crippen molar-refractivity contribution in [3.63, 3.8) is 0 Å². The summed E-state index contributed by atoms with van der Waals surface area (Å²) in [6.07, 6.45) is 1.74. The minimum Gasteiger partial charge on any atom is -0.503 e. The van der Waals surface area contributed by atoms with Gasteiger partial charge in [-0.1, -0.05) is 11.6 Å². The average Bonchev–Trinajstić information content (AvgIpc) is 2.80. The number of phenolic OH excluding ortho intramolecular Hbond substituents is 1. The topological polar surface area (TPSA) is 62.1 Å². The van der Waals surface area contributed by atoms with Crippen LogP contribution >= 0.6 is 23.4 Å². The lowest BCUT2D eigenvalue weighted by Crippen LogP contribution is -2.28. The number of likely N-dealkylation sites (N-methyl/N-ethyl adjacent to an activating group) is 1. The van der Waals surface area contributed by atoms with Crippen LogP contribution in [-0.4, -0.2) is 40.8 Å². The first-order valence-corrected chi connectivity index (χ1v) is 8.62. The number of carbonyl (C=O) groups is 1. The van der Waals surface area contributed by atoms with E-state index in [-0.39, 0.29) is 16.7 Å². The van der Waals surface area contributed by atoms with Crippen molar-refractivity contribution in [3.05, 3.63) is 27.6 Å². The number of amides is 1. The molecule has 0 aromatic heterocycles. The largest absolute Gasteiger partial charge is 0.503 e. The van der Waals surface area contributed by atoms with Crippen molar-refractivity contribution in [2.75, 3.05) is 19.7 Å². The molecule has 0 atom stereocenters. The summed E-state index contributed by atoms with van der Waals surface area (Å²) in [6, 6.07) is 3.27. The zero-order chi connectivity index (χ0) is 17.0.